The third kappa shape index (κ3) is 4.22. The summed E-state index contributed by atoms with van der Waals surface area (Å²) in [5.74, 6) is -0.506. The second-order valence-corrected chi connectivity index (χ2v) is 8.15. The number of likely N-dealkylation sites (tertiary alicyclic amines) is 1. The molecule has 28 heavy (non-hydrogen) atoms. The lowest BCUT2D eigenvalue weighted by Gasteiger charge is -2.30. The average molecular weight is 418 g/mol. The van der Waals surface area contributed by atoms with Crippen LogP contribution >= 0.6 is 23.7 Å². The quantitative estimate of drug-likeness (QED) is 0.785. The van der Waals surface area contributed by atoms with Crippen LogP contribution in [0.5, 0.6) is 0 Å². The Kier molecular flexibility index (Phi) is 6.70. The Labute approximate surface area is 175 Å². The minimum absolute atomic E-state index is 0. The molecule has 2 heterocycles. The first-order valence-electron chi connectivity index (χ1n) is 9.49. The maximum atomic E-state index is 12.7. The standard InChI is InChI=1S/C22H23NO3S.ClH/c24-19-14-16-4-1-2-5-17(16)21(18-9-13-27-22(18)19)15-7-11-23(12-8-15)10-3-6-20(25)26;/h1-2,4-5,9,13H,3,6-8,10-12,14H2,(H,25,26);1H. The molecule has 0 bridgehead atoms. The normalized spacial score (nSPS) is 16.8. The van der Waals surface area contributed by atoms with Crippen molar-refractivity contribution < 1.29 is 14.7 Å². The Balaban J connectivity index is 0.00000225. The zero-order valence-corrected chi connectivity index (χ0v) is 17.3. The molecule has 1 aromatic carbocycles. The van der Waals surface area contributed by atoms with E-state index in [0.29, 0.717) is 12.8 Å². The van der Waals surface area contributed by atoms with Crippen molar-refractivity contribution in [2.24, 2.45) is 0 Å². The number of fused-ring (bicyclic) bond motifs is 2. The number of aliphatic carboxylic acids is 1. The van der Waals surface area contributed by atoms with Gasteiger partial charge < -0.3 is 10.0 Å². The van der Waals surface area contributed by atoms with Crippen LogP contribution in [0.25, 0.3) is 5.57 Å². The number of carboxylic acids is 1. The number of hydrogen-bond donors (Lipinski definition) is 1. The van der Waals surface area contributed by atoms with Gasteiger partial charge in [0, 0.05) is 31.5 Å². The highest BCUT2D eigenvalue weighted by atomic mass is 35.5. The monoisotopic (exact) mass is 417 g/mol. The van der Waals surface area contributed by atoms with Gasteiger partial charge in [0.05, 0.1) is 4.88 Å². The van der Waals surface area contributed by atoms with Crippen LogP contribution in [0.4, 0.5) is 0 Å². The number of rotatable bonds is 4. The second-order valence-electron chi connectivity index (χ2n) is 7.24. The number of benzene rings is 1. The maximum Gasteiger partial charge on any atom is 0.303 e. The first-order chi connectivity index (χ1) is 13.1. The zero-order chi connectivity index (χ0) is 18.8. The summed E-state index contributed by atoms with van der Waals surface area (Å²) in [5.41, 5.74) is 6.11. The number of piperidine rings is 1. The lowest BCUT2D eigenvalue weighted by atomic mass is 9.87. The van der Waals surface area contributed by atoms with E-state index in [1.807, 2.05) is 11.4 Å². The minimum Gasteiger partial charge on any atom is -0.481 e. The summed E-state index contributed by atoms with van der Waals surface area (Å²) in [6, 6.07) is 10.4. The van der Waals surface area contributed by atoms with Gasteiger partial charge in [0.2, 0.25) is 0 Å². The summed E-state index contributed by atoms with van der Waals surface area (Å²) in [5, 5.41) is 10.8. The van der Waals surface area contributed by atoms with Crippen molar-refractivity contribution in [3.05, 3.63) is 62.9 Å². The van der Waals surface area contributed by atoms with Gasteiger partial charge in [-0.25, -0.2) is 0 Å². The van der Waals surface area contributed by atoms with Crippen LogP contribution in [0.3, 0.4) is 0 Å². The van der Waals surface area contributed by atoms with Gasteiger partial charge in [-0.1, -0.05) is 29.8 Å². The average Bonchev–Trinajstić information content (AvgIpc) is 3.10. The van der Waals surface area contributed by atoms with Crippen LogP contribution in [0, 0.1) is 0 Å². The fourth-order valence-electron chi connectivity index (χ4n) is 4.17. The molecule has 0 amide bonds. The molecule has 0 unspecified atom stereocenters. The van der Waals surface area contributed by atoms with Crippen LogP contribution in [0.2, 0.25) is 0 Å². The Bertz CT molecular complexity index is 908. The molecule has 6 heteroatoms. The van der Waals surface area contributed by atoms with E-state index in [0.717, 1.165) is 48.5 Å². The summed E-state index contributed by atoms with van der Waals surface area (Å²) in [6.07, 6.45) is 3.35. The molecule has 0 radical (unpaired) electrons. The van der Waals surface area contributed by atoms with E-state index < -0.39 is 5.97 Å². The van der Waals surface area contributed by atoms with Crippen molar-refractivity contribution >= 4 is 41.1 Å². The molecule has 1 aliphatic heterocycles. The number of ketones is 1. The van der Waals surface area contributed by atoms with Crippen molar-refractivity contribution in [1.29, 1.82) is 0 Å². The van der Waals surface area contributed by atoms with Crippen molar-refractivity contribution in [3.63, 3.8) is 0 Å². The van der Waals surface area contributed by atoms with Crippen molar-refractivity contribution in [3.8, 4) is 0 Å². The summed E-state index contributed by atoms with van der Waals surface area (Å²) in [4.78, 5) is 26.7. The van der Waals surface area contributed by atoms with E-state index in [1.165, 1.54) is 16.7 Å². The van der Waals surface area contributed by atoms with Crippen LogP contribution in [0.1, 0.15) is 52.0 Å². The lowest BCUT2D eigenvalue weighted by molar-refractivity contribution is -0.137. The molecule has 0 spiro atoms. The van der Waals surface area contributed by atoms with E-state index in [-0.39, 0.29) is 24.6 Å². The van der Waals surface area contributed by atoms with Crippen molar-refractivity contribution in [2.75, 3.05) is 19.6 Å². The molecule has 2 aliphatic rings. The van der Waals surface area contributed by atoms with Crippen LogP contribution in [-0.2, 0) is 11.2 Å². The number of halogens is 1. The third-order valence-electron chi connectivity index (χ3n) is 5.50. The number of thiophene rings is 1. The summed E-state index contributed by atoms with van der Waals surface area (Å²) in [6.45, 7) is 2.75. The highest BCUT2D eigenvalue weighted by Gasteiger charge is 2.27. The first kappa shape index (κ1) is 20.8. The van der Waals surface area contributed by atoms with E-state index in [1.54, 1.807) is 11.3 Å². The molecule has 1 saturated heterocycles. The van der Waals surface area contributed by atoms with E-state index in [2.05, 4.69) is 29.2 Å². The number of carboxylic acid groups (broad SMARTS) is 1. The summed E-state index contributed by atoms with van der Waals surface area (Å²) in [7, 11) is 0. The topological polar surface area (TPSA) is 57.6 Å². The Morgan fingerprint density at radius 3 is 2.61 bits per heavy atom. The van der Waals surface area contributed by atoms with Gasteiger partial charge in [-0.2, -0.15) is 0 Å². The molecule has 148 valence electrons. The number of Topliss-reactive ketones (excluding diaryl/α,β-unsaturated/α-hetero) is 1. The molecule has 2 aromatic rings. The van der Waals surface area contributed by atoms with Gasteiger partial charge in [0.1, 0.15) is 0 Å². The SMILES string of the molecule is Cl.O=C(O)CCCN1CCC(=C2c3ccccc3CC(=O)c3sccc32)CC1. The molecule has 0 atom stereocenters. The largest absolute Gasteiger partial charge is 0.481 e. The summed E-state index contributed by atoms with van der Waals surface area (Å²) >= 11 is 1.55. The van der Waals surface area contributed by atoms with Crippen LogP contribution in [-0.4, -0.2) is 41.4 Å². The fraction of sp³-hybridized carbons (Fsp3) is 0.364. The van der Waals surface area contributed by atoms with Gasteiger partial charge >= 0.3 is 5.97 Å². The van der Waals surface area contributed by atoms with Crippen LogP contribution < -0.4 is 0 Å². The second kappa shape index (κ2) is 9.03. The van der Waals surface area contributed by atoms with Gasteiger partial charge in [-0.3, -0.25) is 9.59 Å². The van der Waals surface area contributed by atoms with Gasteiger partial charge in [0.15, 0.2) is 5.78 Å². The summed E-state index contributed by atoms with van der Waals surface area (Å²) < 4.78 is 0. The van der Waals surface area contributed by atoms with E-state index in [9.17, 15) is 9.59 Å². The molecule has 1 N–H and O–H groups in total. The Morgan fingerprint density at radius 1 is 1.11 bits per heavy atom. The third-order valence-corrected chi connectivity index (χ3v) is 6.46. The molecule has 4 rings (SSSR count). The number of carbonyl (C=O) groups excluding carboxylic acids is 1. The molecular formula is C22H24ClNO3S. The Hall–Kier alpha value is -1.95. The predicted molar refractivity (Wildman–Crippen MR) is 115 cm³/mol. The maximum absolute atomic E-state index is 12.7. The number of nitrogens with zero attached hydrogens (tertiary/aromatic N) is 1. The van der Waals surface area contributed by atoms with Gasteiger partial charge in [-0.05, 0) is 54.0 Å². The smallest absolute Gasteiger partial charge is 0.303 e. The first-order valence-corrected chi connectivity index (χ1v) is 10.4. The molecular weight excluding hydrogens is 394 g/mol. The highest BCUT2D eigenvalue weighted by molar-refractivity contribution is 7.12. The number of carbonyl (C=O) groups is 2. The van der Waals surface area contributed by atoms with Crippen molar-refractivity contribution in [2.45, 2.75) is 32.1 Å². The van der Waals surface area contributed by atoms with Gasteiger partial charge in [0.25, 0.3) is 0 Å². The number of hydrogen-bond acceptors (Lipinski definition) is 4. The molecule has 1 fully saturated rings. The molecule has 4 nitrogen and oxygen atoms in total. The molecule has 1 aliphatic carbocycles. The fourth-order valence-corrected chi connectivity index (χ4v) is 5.01. The van der Waals surface area contributed by atoms with Crippen LogP contribution in [0.15, 0.2) is 41.3 Å². The highest BCUT2D eigenvalue weighted by Crippen LogP contribution is 2.40. The van der Waals surface area contributed by atoms with Gasteiger partial charge in [-0.15, -0.1) is 23.7 Å². The Morgan fingerprint density at radius 2 is 1.86 bits per heavy atom. The van der Waals surface area contributed by atoms with E-state index >= 15 is 0 Å². The lowest BCUT2D eigenvalue weighted by Crippen LogP contribution is -2.32. The van der Waals surface area contributed by atoms with Crippen molar-refractivity contribution in [1.82, 2.24) is 4.90 Å². The molecule has 0 saturated carbocycles. The van der Waals surface area contributed by atoms with E-state index in [4.69, 9.17) is 5.11 Å². The minimum atomic E-state index is -0.723. The zero-order valence-electron chi connectivity index (χ0n) is 15.6. The molecule has 1 aromatic heterocycles. The predicted octanol–water partition coefficient (Wildman–Crippen LogP) is 4.67.